The highest BCUT2D eigenvalue weighted by Gasteiger charge is 2.17. The maximum atomic E-state index is 12.3. The molecule has 2 aromatic carbocycles. The zero-order chi connectivity index (χ0) is 20.5. The van der Waals surface area contributed by atoms with E-state index in [1.54, 1.807) is 7.05 Å². The number of amides is 2. The number of hydrogen-bond acceptors (Lipinski definition) is 2. The van der Waals surface area contributed by atoms with E-state index in [0.717, 1.165) is 49.7 Å². The van der Waals surface area contributed by atoms with Gasteiger partial charge >= 0.3 is 6.03 Å². The number of carbonyl (C=O) groups excluding carboxylic acids is 1. The van der Waals surface area contributed by atoms with Crippen LogP contribution in [0.1, 0.15) is 36.8 Å². The van der Waals surface area contributed by atoms with Gasteiger partial charge in [0.25, 0.3) is 0 Å². The molecule has 3 N–H and O–H groups in total. The summed E-state index contributed by atoms with van der Waals surface area (Å²) in [5.74, 6) is 1.15. The number of nitrogens with zero attached hydrogens (tertiary/aromatic N) is 2. The summed E-state index contributed by atoms with van der Waals surface area (Å²) in [5, 5.41) is 9.73. The van der Waals surface area contributed by atoms with Crippen LogP contribution in [0.3, 0.4) is 0 Å². The smallest absolute Gasteiger partial charge is 0.321 e. The minimum Gasteiger partial charge on any atom is -0.356 e. The van der Waals surface area contributed by atoms with Crippen LogP contribution in [0.25, 0.3) is 0 Å². The summed E-state index contributed by atoms with van der Waals surface area (Å²) in [7, 11) is 1.77. The van der Waals surface area contributed by atoms with E-state index in [9.17, 15) is 4.79 Å². The zero-order valence-electron chi connectivity index (χ0n) is 17.7. The van der Waals surface area contributed by atoms with E-state index in [4.69, 9.17) is 0 Å². The Hall–Kier alpha value is -2.29. The molecule has 0 spiro atoms. The predicted octanol–water partition coefficient (Wildman–Crippen LogP) is 4.40. The molecule has 0 aromatic heterocycles. The van der Waals surface area contributed by atoms with Crippen molar-refractivity contribution >= 4 is 41.7 Å². The maximum absolute atomic E-state index is 12.3. The summed E-state index contributed by atoms with van der Waals surface area (Å²) >= 11 is 0. The van der Waals surface area contributed by atoms with Gasteiger partial charge in [-0.25, -0.2) is 4.79 Å². The fraction of sp³-hybridized carbons (Fsp3) is 0.391. The van der Waals surface area contributed by atoms with Crippen molar-refractivity contribution in [2.45, 2.75) is 32.2 Å². The number of urea groups is 1. The molecule has 1 unspecified atom stereocenters. The Morgan fingerprint density at radius 3 is 2.50 bits per heavy atom. The van der Waals surface area contributed by atoms with Crippen molar-refractivity contribution in [3.8, 4) is 0 Å². The van der Waals surface area contributed by atoms with Crippen LogP contribution in [0.15, 0.2) is 59.6 Å². The normalized spacial score (nSPS) is 14.6. The first-order valence-electron chi connectivity index (χ1n) is 10.3. The number of hydrogen-bond donors (Lipinski definition) is 3. The molecule has 0 aliphatic carbocycles. The molecule has 6 nitrogen and oxygen atoms in total. The van der Waals surface area contributed by atoms with Crippen LogP contribution in [-0.2, 0) is 6.54 Å². The van der Waals surface area contributed by atoms with Crippen molar-refractivity contribution in [3.05, 3.63) is 65.7 Å². The standard InChI is InChI=1S/C23H31N5O.HI/c1-18(20-10-4-3-5-11-20)16-25-22(24-2)26-17-19-9-8-12-21(15-19)27-23(29)28-13-6-7-14-28;/h3-5,8-12,15,18H,6-7,13-14,16-17H2,1-2H3,(H,27,29)(H2,24,25,26);1H. The van der Waals surface area contributed by atoms with Crippen LogP contribution >= 0.6 is 24.0 Å². The highest BCUT2D eigenvalue weighted by molar-refractivity contribution is 14.0. The summed E-state index contributed by atoms with van der Waals surface area (Å²) < 4.78 is 0. The summed E-state index contributed by atoms with van der Waals surface area (Å²) in [6.45, 7) is 5.32. The molecule has 3 rings (SSSR count). The van der Waals surface area contributed by atoms with Gasteiger partial charge in [0.2, 0.25) is 0 Å². The van der Waals surface area contributed by atoms with E-state index in [-0.39, 0.29) is 30.0 Å². The molecule has 0 saturated carbocycles. The lowest BCUT2D eigenvalue weighted by atomic mass is 10.0. The molecule has 1 heterocycles. The second kappa shape index (κ2) is 12.4. The Morgan fingerprint density at radius 1 is 1.07 bits per heavy atom. The van der Waals surface area contributed by atoms with Gasteiger partial charge in [0.1, 0.15) is 0 Å². The lowest BCUT2D eigenvalue weighted by molar-refractivity contribution is 0.222. The van der Waals surface area contributed by atoms with Gasteiger partial charge in [0.15, 0.2) is 5.96 Å². The Bertz CT molecular complexity index is 821. The second-order valence-electron chi connectivity index (χ2n) is 7.44. The molecule has 2 aromatic rings. The molecule has 0 bridgehead atoms. The van der Waals surface area contributed by atoms with Crippen LogP contribution in [0, 0.1) is 0 Å². The SMILES string of the molecule is CN=C(NCc1cccc(NC(=O)N2CCCC2)c1)NCC(C)c1ccccc1.I. The second-order valence-corrected chi connectivity index (χ2v) is 7.44. The van der Waals surface area contributed by atoms with Crippen LogP contribution in [0.2, 0.25) is 0 Å². The number of likely N-dealkylation sites (tertiary alicyclic amines) is 1. The number of nitrogens with one attached hydrogen (secondary N) is 3. The van der Waals surface area contributed by atoms with Crippen LogP contribution < -0.4 is 16.0 Å². The number of aliphatic imine (C=N–C) groups is 1. The molecule has 1 aliphatic heterocycles. The van der Waals surface area contributed by atoms with E-state index in [0.29, 0.717) is 12.5 Å². The van der Waals surface area contributed by atoms with E-state index >= 15 is 0 Å². The largest absolute Gasteiger partial charge is 0.356 e. The van der Waals surface area contributed by atoms with Crippen molar-refractivity contribution in [1.29, 1.82) is 0 Å². The molecular weight excluding hydrogens is 489 g/mol. The highest BCUT2D eigenvalue weighted by atomic mass is 127. The van der Waals surface area contributed by atoms with Crippen molar-refractivity contribution in [1.82, 2.24) is 15.5 Å². The average Bonchev–Trinajstić information content (AvgIpc) is 3.30. The topological polar surface area (TPSA) is 68.8 Å². The molecule has 1 saturated heterocycles. The van der Waals surface area contributed by atoms with Crippen molar-refractivity contribution < 1.29 is 4.79 Å². The molecular formula is C23H32IN5O. The number of guanidine groups is 1. The molecule has 30 heavy (non-hydrogen) atoms. The fourth-order valence-electron chi connectivity index (χ4n) is 3.44. The van der Waals surface area contributed by atoms with Gasteiger partial charge < -0.3 is 20.9 Å². The summed E-state index contributed by atoms with van der Waals surface area (Å²) in [4.78, 5) is 18.5. The third-order valence-corrected chi connectivity index (χ3v) is 5.20. The molecule has 0 radical (unpaired) electrons. The first-order valence-corrected chi connectivity index (χ1v) is 10.3. The number of carbonyl (C=O) groups is 1. The predicted molar refractivity (Wildman–Crippen MR) is 135 cm³/mol. The zero-order valence-corrected chi connectivity index (χ0v) is 20.1. The third kappa shape index (κ3) is 7.19. The van der Waals surface area contributed by atoms with Crippen molar-refractivity contribution in [2.75, 3.05) is 32.0 Å². The number of anilines is 1. The van der Waals surface area contributed by atoms with Crippen LogP contribution in [0.5, 0.6) is 0 Å². The molecule has 162 valence electrons. The van der Waals surface area contributed by atoms with Gasteiger partial charge in [0.05, 0.1) is 0 Å². The molecule has 1 atom stereocenters. The summed E-state index contributed by atoms with van der Waals surface area (Å²) in [5.41, 5.74) is 3.21. The average molecular weight is 521 g/mol. The fourth-order valence-corrected chi connectivity index (χ4v) is 3.44. The Morgan fingerprint density at radius 2 is 1.80 bits per heavy atom. The Kier molecular flexibility index (Phi) is 9.93. The van der Waals surface area contributed by atoms with Gasteiger partial charge in [-0.2, -0.15) is 0 Å². The van der Waals surface area contributed by atoms with Gasteiger partial charge in [0, 0.05) is 38.9 Å². The lowest BCUT2D eigenvalue weighted by Crippen LogP contribution is -2.38. The minimum atomic E-state index is -0.0139. The van der Waals surface area contributed by atoms with E-state index in [1.807, 2.05) is 35.2 Å². The first-order chi connectivity index (χ1) is 14.2. The maximum Gasteiger partial charge on any atom is 0.321 e. The third-order valence-electron chi connectivity index (χ3n) is 5.20. The van der Waals surface area contributed by atoms with Gasteiger partial charge in [-0.05, 0) is 42.0 Å². The number of benzene rings is 2. The molecule has 1 aliphatic rings. The monoisotopic (exact) mass is 521 g/mol. The quantitative estimate of drug-likeness (QED) is 0.300. The summed E-state index contributed by atoms with van der Waals surface area (Å²) in [6.07, 6.45) is 2.18. The lowest BCUT2D eigenvalue weighted by Gasteiger charge is -2.18. The van der Waals surface area contributed by atoms with Gasteiger partial charge in [-0.15, -0.1) is 24.0 Å². The first kappa shape index (κ1) is 24.0. The summed E-state index contributed by atoms with van der Waals surface area (Å²) in [6, 6.07) is 18.4. The van der Waals surface area contributed by atoms with Crippen LogP contribution in [0.4, 0.5) is 10.5 Å². The van der Waals surface area contributed by atoms with E-state index < -0.39 is 0 Å². The highest BCUT2D eigenvalue weighted by Crippen LogP contribution is 2.15. The Balaban J connectivity index is 0.00000320. The number of halogens is 1. The van der Waals surface area contributed by atoms with Crippen molar-refractivity contribution in [2.24, 2.45) is 4.99 Å². The molecule has 2 amide bonds. The number of rotatable bonds is 6. The van der Waals surface area contributed by atoms with E-state index in [1.165, 1.54) is 5.56 Å². The van der Waals surface area contributed by atoms with Gasteiger partial charge in [-0.1, -0.05) is 49.4 Å². The van der Waals surface area contributed by atoms with Gasteiger partial charge in [-0.3, -0.25) is 4.99 Å². The van der Waals surface area contributed by atoms with E-state index in [2.05, 4.69) is 52.1 Å². The van der Waals surface area contributed by atoms with Crippen molar-refractivity contribution in [3.63, 3.8) is 0 Å². The molecule has 7 heteroatoms. The molecule has 1 fully saturated rings. The van der Waals surface area contributed by atoms with Crippen LogP contribution in [-0.4, -0.2) is 43.6 Å². The Labute approximate surface area is 196 Å². The minimum absolute atomic E-state index is 0.